The fourth-order valence-electron chi connectivity index (χ4n) is 4.07. The van der Waals surface area contributed by atoms with Crippen LogP contribution in [-0.2, 0) is 14.8 Å². The molecule has 0 unspecified atom stereocenters. The van der Waals surface area contributed by atoms with Gasteiger partial charge < -0.3 is 4.90 Å². The Morgan fingerprint density at radius 2 is 1.67 bits per heavy atom. The van der Waals surface area contributed by atoms with Crippen LogP contribution in [0, 0.1) is 12.7 Å². The molecule has 2 aliphatic heterocycles. The summed E-state index contributed by atoms with van der Waals surface area (Å²) in [6, 6.07) is 11.8. The number of amides is 3. The van der Waals surface area contributed by atoms with Crippen LogP contribution in [0.3, 0.4) is 0 Å². The molecule has 2 aliphatic rings. The number of piperidine rings is 1. The minimum Gasteiger partial charge on any atom is -0.312 e. The highest BCUT2D eigenvalue weighted by Gasteiger charge is 2.42. The lowest BCUT2D eigenvalue weighted by atomic mass is 10.1. The number of aryl methyl sites for hydroxylation is 1. The molecule has 0 saturated carbocycles. The molecule has 2 heterocycles. The minimum atomic E-state index is -3.75. The first-order chi connectivity index (χ1) is 14.3. The largest absolute Gasteiger partial charge is 0.332 e. The van der Waals surface area contributed by atoms with Crippen LogP contribution in [0.2, 0.25) is 0 Å². The Balaban J connectivity index is 1.46. The smallest absolute Gasteiger partial charge is 0.312 e. The van der Waals surface area contributed by atoms with Gasteiger partial charge in [-0.1, -0.05) is 18.2 Å². The molecule has 0 aromatic heterocycles. The van der Waals surface area contributed by atoms with Crippen LogP contribution in [0.1, 0.15) is 18.4 Å². The van der Waals surface area contributed by atoms with Gasteiger partial charge in [-0.3, -0.25) is 4.79 Å². The third-order valence-electron chi connectivity index (χ3n) is 5.63. The van der Waals surface area contributed by atoms with Gasteiger partial charge in [0, 0.05) is 19.1 Å². The lowest BCUT2D eigenvalue weighted by Gasteiger charge is -2.35. The summed E-state index contributed by atoms with van der Waals surface area (Å²) in [5.74, 6) is -0.770. The fourth-order valence-corrected chi connectivity index (χ4v) is 5.75. The molecule has 2 aromatic rings. The van der Waals surface area contributed by atoms with E-state index in [1.165, 1.54) is 26.2 Å². The predicted octanol–water partition coefficient (Wildman–Crippen LogP) is 2.76. The molecule has 158 valence electrons. The van der Waals surface area contributed by atoms with Crippen molar-refractivity contribution in [3.63, 3.8) is 0 Å². The summed E-state index contributed by atoms with van der Waals surface area (Å²) in [6.07, 6.45) is 0.863. The molecule has 4 rings (SSSR count). The number of halogens is 1. The number of rotatable bonds is 4. The number of para-hydroxylation sites is 1. The van der Waals surface area contributed by atoms with E-state index in [1.807, 2.05) is 6.07 Å². The molecule has 3 amide bonds. The van der Waals surface area contributed by atoms with Crippen LogP contribution in [0.5, 0.6) is 0 Å². The maximum atomic E-state index is 13.3. The number of carbonyl (C=O) groups excluding carboxylic acids is 2. The average molecular weight is 431 g/mol. The molecule has 2 saturated heterocycles. The van der Waals surface area contributed by atoms with Crippen LogP contribution in [0.4, 0.5) is 14.9 Å². The first kappa shape index (κ1) is 20.5. The highest BCUT2D eigenvalue weighted by atomic mass is 32.2. The van der Waals surface area contributed by atoms with Crippen molar-refractivity contribution >= 4 is 27.6 Å². The summed E-state index contributed by atoms with van der Waals surface area (Å²) in [5.41, 5.74) is 0.887. The van der Waals surface area contributed by atoms with Crippen molar-refractivity contribution in [1.29, 1.82) is 0 Å². The molecule has 0 radical (unpaired) electrons. The summed E-state index contributed by atoms with van der Waals surface area (Å²) < 4.78 is 40.6. The zero-order valence-electron chi connectivity index (χ0n) is 16.5. The molecule has 0 N–H and O–H groups in total. The van der Waals surface area contributed by atoms with Gasteiger partial charge >= 0.3 is 6.03 Å². The zero-order chi connectivity index (χ0) is 21.5. The summed E-state index contributed by atoms with van der Waals surface area (Å²) in [5, 5.41) is 0. The van der Waals surface area contributed by atoms with Crippen LogP contribution in [-0.4, -0.2) is 55.2 Å². The Hall–Kier alpha value is -2.78. The van der Waals surface area contributed by atoms with Crippen molar-refractivity contribution in [2.45, 2.75) is 30.7 Å². The third kappa shape index (κ3) is 3.59. The van der Waals surface area contributed by atoms with Gasteiger partial charge in [0.1, 0.15) is 12.4 Å². The SMILES string of the molecule is Cc1cc(F)ccc1S(=O)(=O)N1CCC(N2CC(=O)N(c3ccccc3)C2=O)CC1. The van der Waals surface area contributed by atoms with Gasteiger partial charge in [-0.15, -0.1) is 0 Å². The number of benzene rings is 2. The summed E-state index contributed by atoms with van der Waals surface area (Å²) in [4.78, 5) is 28.1. The zero-order valence-corrected chi connectivity index (χ0v) is 17.3. The van der Waals surface area contributed by atoms with Gasteiger partial charge in [0.05, 0.1) is 10.6 Å². The minimum absolute atomic E-state index is 0.0117. The maximum Gasteiger partial charge on any atom is 0.332 e. The highest BCUT2D eigenvalue weighted by Crippen LogP contribution is 2.29. The molecular formula is C21H22FN3O4S. The highest BCUT2D eigenvalue weighted by molar-refractivity contribution is 7.89. The summed E-state index contributed by atoms with van der Waals surface area (Å²) >= 11 is 0. The number of carbonyl (C=O) groups is 2. The molecule has 2 aromatic carbocycles. The van der Waals surface area contributed by atoms with E-state index in [0.717, 1.165) is 6.07 Å². The lowest BCUT2D eigenvalue weighted by molar-refractivity contribution is -0.116. The molecule has 0 atom stereocenters. The van der Waals surface area contributed by atoms with Crippen molar-refractivity contribution in [2.24, 2.45) is 0 Å². The Kier molecular flexibility index (Phi) is 5.33. The molecule has 2 fully saturated rings. The van der Waals surface area contributed by atoms with Crippen molar-refractivity contribution in [1.82, 2.24) is 9.21 Å². The quantitative estimate of drug-likeness (QED) is 0.698. The molecule has 7 nitrogen and oxygen atoms in total. The number of hydrogen-bond acceptors (Lipinski definition) is 4. The van der Waals surface area contributed by atoms with E-state index in [2.05, 4.69) is 0 Å². The topological polar surface area (TPSA) is 78.0 Å². The lowest BCUT2D eigenvalue weighted by Crippen LogP contribution is -2.48. The van der Waals surface area contributed by atoms with Gasteiger partial charge in [-0.2, -0.15) is 4.31 Å². The van der Waals surface area contributed by atoms with E-state index in [4.69, 9.17) is 0 Å². The van der Waals surface area contributed by atoms with E-state index in [-0.39, 0.29) is 42.5 Å². The number of sulfonamides is 1. The van der Waals surface area contributed by atoms with Gasteiger partial charge in [0.2, 0.25) is 10.0 Å². The van der Waals surface area contributed by atoms with Gasteiger partial charge in [0.15, 0.2) is 0 Å². The predicted molar refractivity (Wildman–Crippen MR) is 109 cm³/mol. The second-order valence-corrected chi connectivity index (χ2v) is 9.43. The van der Waals surface area contributed by atoms with E-state index in [0.29, 0.717) is 24.1 Å². The normalized spacial score (nSPS) is 19.0. The van der Waals surface area contributed by atoms with Crippen LogP contribution >= 0.6 is 0 Å². The Morgan fingerprint density at radius 1 is 1.00 bits per heavy atom. The van der Waals surface area contributed by atoms with Crippen molar-refractivity contribution in [2.75, 3.05) is 24.5 Å². The van der Waals surface area contributed by atoms with Gasteiger partial charge in [-0.05, 0) is 55.7 Å². The molecule has 0 aliphatic carbocycles. The standard InChI is InChI=1S/C21H22FN3O4S/c1-15-13-16(22)7-8-19(15)30(28,29)23-11-9-17(10-12-23)24-14-20(26)25(21(24)27)18-5-3-2-4-6-18/h2-8,13,17H,9-12,14H2,1H3. The maximum absolute atomic E-state index is 13.3. The van der Waals surface area contributed by atoms with E-state index >= 15 is 0 Å². The monoisotopic (exact) mass is 431 g/mol. The van der Waals surface area contributed by atoms with E-state index in [1.54, 1.807) is 31.2 Å². The van der Waals surface area contributed by atoms with Crippen LogP contribution in [0.15, 0.2) is 53.4 Å². The molecule has 0 bridgehead atoms. The molecule has 0 spiro atoms. The van der Waals surface area contributed by atoms with E-state index < -0.39 is 15.8 Å². The molecular weight excluding hydrogens is 409 g/mol. The van der Waals surface area contributed by atoms with Crippen molar-refractivity contribution < 1.29 is 22.4 Å². The second-order valence-electron chi connectivity index (χ2n) is 7.52. The first-order valence-electron chi connectivity index (χ1n) is 9.74. The molecule has 9 heteroatoms. The van der Waals surface area contributed by atoms with Crippen LogP contribution in [0.25, 0.3) is 0 Å². The van der Waals surface area contributed by atoms with Crippen LogP contribution < -0.4 is 4.90 Å². The first-order valence-corrected chi connectivity index (χ1v) is 11.2. The third-order valence-corrected chi connectivity index (χ3v) is 7.68. The Bertz CT molecular complexity index is 1080. The number of nitrogens with zero attached hydrogens (tertiary/aromatic N) is 3. The summed E-state index contributed by atoms with van der Waals surface area (Å²) in [7, 11) is -3.75. The van der Waals surface area contributed by atoms with Gasteiger partial charge in [0.25, 0.3) is 5.91 Å². The molecule has 30 heavy (non-hydrogen) atoms. The number of imide groups is 1. The number of urea groups is 1. The van der Waals surface area contributed by atoms with Crippen molar-refractivity contribution in [3.8, 4) is 0 Å². The number of anilines is 1. The average Bonchev–Trinajstić information content (AvgIpc) is 3.02. The van der Waals surface area contributed by atoms with E-state index in [9.17, 15) is 22.4 Å². The second kappa shape index (κ2) is 7.81. The fraction of sp³-hybridized carbons (Fsp3) is 0.333. The Morgan fingerprint density at radius 3 is 2.30 bits per heavy atom. The van der Waals surface area contributed by atoms with Crippen molar-refractivity contribution in [3.05, 3.63) is 59.9 Å². The van der Waals surface area contributed by atoms with Gasteiger partial charge in [-0.25, -0.2) is 22.5 Å². The number of hydrogen-bond donors (Lipinski definition) is 0. The Labute approximate surface area is 174 Å². The summed E-state index contributed by atoms with van der Waals surface area (Å²) in [6.45, 7) is 2.01.